The third kappa shape index (κ3) is 7.48. The predicted octanol–water partition coefficient (Wildman–Crippen LogP) is 5.72. The van der Waals surface area contributed by atoms with Crippen molar-refractivity contribution in [2.75, 3.05) is 45.7 Å². The maximum Gasteiger partial charge on any atom is 0.325 e. The zero-order valence-corrected chi connectivity index (χ0v) is 24.0. The smallest absolute Gasteiger partial charge is 0.325 e. The molecule has 3 atom stereocenters. The number of aromatic nitrogens is 1. The highest BCUT2D eigenvalue weighted by Gasteiger charge is 2.36. The first-order valence-electron chi connectivity index (χ1n) is 14.5. The molecule has 0 aliphatic carbocycles. The second kappa shape index (κ2) is 13.6. The van der Waals surface area contributed by atoms with Gasteiger partial charge in [0.05, 0.1) is 7.11 Å². The first-order valence-corrected chi connectivity index (χ1v) is 14.5. The molecule has 0 saturated carbocycles. The lowest BCUT2D eigenvalue weighted by Gasteiger charge is -2.28. The average Bonchev–Trinajstić information content (AvgIpc) is 3.35. The molecule has 8 heteroatoms. The molecule has 1 unspecified atom stereocenters. The number of carbonyl (C=O) groups is 1. The second-order valence-corrected chi connectivity index (χ2v) is 11.7. The Bertz CT molecular complexity index is 1110. The summed E-state index contributed by atoms with van der Waals surface area (Å²) in [6, 6.07) is 7.03. The quantitative estimate of drug-likeness (QED) is 0.315. The van der Waals surface area contributed by atoms with E-state index in [1.165, 1.54) is 44.4 Å². The number of rotatable bonds is 13. The van der Waals surface area contributed by atoms with Crippen molar-refractivity contribution in [3.8, 4) is 5.75 Å². The van der Waals surface area contributed by atoms with Gasteiger partial charge in [0, 0.05) is 30.9 Å². The number of fused-ring (bicyclic) bond motifs is 1. The number of methoxy groups -OCH3 is 1. The van der Waals surface area contributed by atoms with Gasteiger partial charge in [0.15, 0.2) is 11.6 Å². The summed E-state index contributed by atoms with van der Waals surface area (Å²) in [7, 11) is 3.56. The number of unbranched alkanes of at least 4 members (excludes halogenated alkanes) is 2. The maximum atomic E-state index is 14.8. The Kier molecular flexibility index (Phi) is 10.2. The summed E-state index contributed by atoms with van der Waals surface area (Å²) in [5.74, 6) is 0.110. The van der Waals surface area contributed by atoms with Crippen molar-refractivity contribution >= 4 is 11.8 Å². The number of nitrogens with one attached hydrogen (secondary N) is 1. The van der Waals surface area contributed by atoms with E-state index in [9.17, 15) is 14.3 Å². The summed E-state index contributed by atoms with van der Waals surface area (Å²) in [4.78, 5) is 21.2. The van der Waals surface area contributed by atoms with Crippen LogP contribution in [-0.2, 0) is 11.2 Å². The Hall–Kier alpha value is -2.71. The summed E-state index contributed by atoms with van der Waals surface area (Å²) in [5.41, 5.74) is 2.52. The number of aryl methyl sites for hydroxylation is 1. The van der Waals surface area contributed by atoms with Crippen LogP contribution in [0, 0.1) is 11.7 Å². The number of halogens is 1. The van der Waals surface area contributed by atoms with Crippen LogP contribution < -0.4 is 10.1 Å². The fourth-order valence-corrected chi connectivity index (χ4v) is 6.18. The molecule has 3 heterocycles. The van der Waals surface area contributed by atoms with E-state index < -0.39 is 17.8 Å². The van der Waals surface area contributed by atoms with Crippen molar-refractivity contribution in [2.45, 2.75) is 76.8 Å². The maximum absolute atomic E-state index is 14.8. The highest BCUT2D eigenvalue weighted by atomic mass is 19.1. The number of anilines is 1. The largest absolute Gasteiger partial charge is 0.493 e. The van der Waals surface area contributed by atoms with E-state index in [-0.39, 0.29) is 11.7 Å². The minimum atomic E-state index is -0.964. The Labute approximate surface area is 232 Å². The van der Waals surface area contributed by atoms with Gasteiger partial charge in [-0.15, -0.1) is 0 Å². The van der Waals surface area contributed by atoms with Crippen LogP contribution in [0.3, 0.4) is 0 Å². The minimum Gasteiger partial charge on any atom is -0.493 e. The topological polar surface area (TPSA) is 77.9 Å². The lowest BCUT2D eigenvalue weighted by molar-refractivity contribution is -0.143. The van der Waals surface area contributed by atoms with Crippen LogP contribution in [0.15, 0.2) is 30.5 Å². The SMILES string of the molecule is COc1c(F)cc(C(C)C)cc1C(C(=O)O)N1CC[C@@H](CN(C)CCCCC[C@@H]2CCc3cccnc3N2)C1. The molecule has 1 saturated heterocycles. The molecule has 2 N–H and O–H groups in total. The number of aliphatic carboxylic acids is 1. The molecular formula is C31H45FN4O3. The van der Waals surface area contributed by atoms with Gasteiger partial charge in [-0.05, 0) is 93.4 Å². The van der Waals surface area contributed by atoms with Gasteiger partial charge in [-0.2, -0.15) is 0 Å². The van der Waals surface area contributed by atoms with E-state index >= 15 is 0 Å². The molecule has 214 valence electrons. The lowest BCUT2D eigenvalue weighted by atomic mass is 9.95. The molecule has 2 aliphatic rings. The first-order chi connectivity index (χ1) is 18.8. The zero-order valence-electron chi connectivity index (χ0n) is 24.0. The zero-order chi connectivity index (χ0) is 27.9. The number of benzene rings is 1. The number of hydrogen-bond acceptors (Lipinski definition) is 6. The number of carboxylic acids is 1. The molecule has 0 radical (unpaired) electrons. The van der Waals surface area contributed by atoms with Crippen LogP contribution in [0.25, 0.3) is 0 Å². The van der Waals surface area contributed by atoms with E-state index in [4.69, 9.17) is 4.74 Å². The third-order valence-corrected chi connectivity index (χ3v) is 8.33. The Morgan fingerprint density at radius 1 is 1.28 bits per heavy atom. The van der Waals surface area contributed by atoms with Crippen molar-refractivity contribution in [1.29, 1.82) is 0 Å². The summed E-state index contributed by atoms with van der Waals surface area (Å²) < 4.78 is 20.2. The van der Waals surface area contributed by atoms with Gasteiger partial charge in [-0.25, -0.2) is 9.37 Å². The van der Waals surface area contributed by atoms with Gasteiger partial charge in [0.25, 0.3) is 0 Å². The number of nitrogens with zero attached hydrogens (tertiary/aromatic N) is 3. The van der Waals surface area contributed by atoms with E-state index in [2.05, 4.69) is 28.3 Å². The molecule has 1 aromatic carbocycles. The fourth-order valence-electron chi connectivity index (χ4n) is 6.18. The molecule has 0 amide bonds. The van der Waals surface area contributed by atoms with Crippen LogP contribution in [0.1, 0.15) is 81.0 Å². The number of ether oxygens (including phenoxy) is 1. The lowest BCUT2D eigenvalue weighted by Crippen LogP contribution is -2.34. The molecular weight excluding hydrogens is 495 g/mol. The molecule has 7 nitrogen and oxygen atoms in total. The van der Waals surface area contributed by atoms with Crippen LogP contribution in [0.4, 0.5) is 10.2 Å². The Balaban J connectivity index is 1.23. The van der Waals surface area contributed by atoms with Gasteiger partial charge >= 0.3 is 5.97 Å². The van der Waals surface area contributed by atoms with Gasteiger partial charge in [-0.1, -0.05) is 32.8 Å². The van der Waals surface area contributed by atoms with Crippen LogP contribution in [0.5, 0.6) is 5.75 Å². The number of hydrogen-bond donors (Lipinski definition) is 2. The predicted molar refractivity (Wildman–Crippen MR) is 153 cm³/mol. The normalized spacial score (nSPS) is 20.2. The number of carboxylic acid groups (broad SMARTS) is 1. The Morgan fingerprint density at radius 3 is 2.85 bits per heavy atom. The van der Waals surface area contributed by atoms with Crippen LogP contribution >= 0.6 is 0 Å². The van der Waals surface area contributed by atoms with Crippen molar-refractivity contribution in [3.05, 3.63) is 53.0 Å². The fraction of sp³-hybridized carbons (Fsp3) is 0.613. The highest BCUT2D eigenvalue weighted by molar-refractivity contribution is 5.77. The molecule has 4 rings (SSSR count). The van der Waals surface area contributed by atoms with Crippen molar-refractivity contribution in [2.24, 2.45) is 5.92 Å². The van der Waals surface area contributed by atoms with Crippen molar-refractivity contribution < 1.29 is 19.0 Å². The van der Waals surface area contributed by atoms with Gasteiger partial charge < -0.3 is 20.1 Å². The monoisotopic (exact) mass is 540 g/mol. The Morgan fingerprint density at radius 2 is 2.10 bits per heavy atom. The summed E-state index contributed by atoms with van der Waals surface area (Å²) in [6.07, 6.45) is 9.82. The minimum absolute atomic E-state index is 0.0382. The van der Waals surface area contributed by atoms with Crippen molar-refractivity contribution in [3.63, 3.8) is 0 Å². The molecule has 2 aromatic rings. The first kappa shape index (κ1) is 29.3. The molecule has 0 bridgehead atoms. The van der Waals surface area contributed by atoms with Crippen LogP contribution in [0.2, 0.25) is 0 Å². The number of pyridine rings is 1. The van der Waals surface area contributed by atoms with Gasteiger partial charge in [0.1, 0.15) is 11.9 Å². The molecule has 2 aliphatic heterocycles. The van der Waals surface area contributed by atoms with Crippen LogP contribution in [-0.4, -0.2) is 72.2 Å². The van der Waals surface area contributed by atoms with Gasteiger partial charge in [-0.3, -0.25) is 9.69 Å². The summed E-state index contributed by atoms with van der Waals surface area (Å²) >= 11 is 0. The third-order valence-electron chi connectivity index (χ3n) is 8.33. The molecule has 39 heavy (non-hydrogen) atoms. The summed E-state index contributed by atoms with van der Waals surface area (Å²) in [5, 5.41) is 13.8. The van der Waals surface area contributed by atoms with E-state index in [0.717, 1.165) is 43.7 Å². The van der Waals surface area contributed by atoms with E-state index in [0.29, 0.717) is 30.6 Å². The molecule has 1 fully saturated rings. The molecule has 0 spiro atoms. The molecule has 1 aromatic heterocycles. The second-order valence-electron chi connectivity index (χ2n) is 11.7. The highest BCUT2D eigenvalue weighted by Crippen LogP contribution is 2.37. The van der Waals surface area contributed by atoms with Gasteiger partial charge in [0.2, 0.25) is 0 Å². The van der Waals surface area contributed by atoms with E-state index in [1.54, 1.807) is 0 Å². The standard InChI is InChI=1S/C31H45FN4O3/c1-21(2)24-17-26(29(39-4)27(32)18-24)28(31(37)38)36-16-13-22(20-36)19-35(3)15-7-5-6-10-25-12-11-23-9-8-14-33-30(23)34-25/h8-9,14,17-18,21-22,25,28H,5-7,10-13,15-16,19-20H2,1-4H3,(H,33,34)(H,37,38)/t22-,25+,28?/m0/s1. The average molecular weight is 541 g/mol. The van der Waals surface area contributed by atoms with E-state index in [1.807, 2.05) is 37.1 Å². The summed E-state index contributed by atoms with van der Waals surface area (Å²) in [6.45, 7) is 7.29. The number of likely N-dealkylation sites (tertiary alicyclic amines) is 1. The van der Waals surface area contributed by atoms with Crippen molar-refractivity contribution in [1.82, 2.24) is 14.8 Å².